The first-order valence-electron chi connectivity index (χ1n) is 5.33. The highest BCUT2D eigenvalue weighted by molar-refractivity contribution is 5.90. The van der Waals surface area contributed by atoms with E-state index in [1.165, 1.54) is 0 Å². The number of nitrogens with one attached hydrogen (secondary N) is 2. The topological polar surface area (TPSA) is 117 Å². The van der Waals surface area contributed by atoms with E-state index in [0.29, 0.717) is 0 Å². The zero-order valence-electron chi connectivity index (χ0n) is 8.81. The number of hydrogen-bond donors (Lipinski definition) is 4. The molecule has 7 heteroatoms. The summed E-state index contributed by atoms with van der Waals surface area (Å²) >= 11 is 0. The summed E-state index contributed by atoms with van der Waals surface area (Å²) in [5.74, 6) is -0.264. The minimum atomic E-state index is -0.474. The van der Waals surface area contributed by atoms with Gasteiger partial charge in [-0.25, -0.2) is 0 Å². The van der Waals surface area contributed by atoms with Gasteiger partial charge < -0.3 is 16.2 Å². The molecule has 7 nitrogen and oxygen atoms in total. The van der Waals surface area contributed by atoms with E-state index in [1.807, 2.05) is 0 Å². The highest BCUT2D eigenvalue weighted by Gasteiger charge is 2.25. The molecule has 0 bridgehead atoms. The van der Waals surface area contributed by atoms with Crippen molar-refractivity contribution in [2.75, 3.05) is 5.73 Å². The van der Waals surface area contributed by atoms with Crippen molar-refractivity contribution in [1.82, 2.24) is 20.5 Å². The fourth-order valence-corrected chi connectivity index (χ4v) is 1.89. The zero-order valence-corrected chi connectivity index (χ0v) is 8.81. The van der Waals surface area contributed by atoms with Crippen molar-refractivity contribution in [3.8, 4) is 0 Å². The Balaban J connectivity index is 1.96. The number of amides is 1. The summed E-state index contributed by atoms with van der Waals surface area (Å²) in [6.45, 7) is 0. The van der Waals surface area contributed by atoms with Crippen LogP contribution in [0.1, 0.15) is 36.3 Å². The maximum atomic E-state index is 11.7. The van der Waals surface area contributed by atoms with Gasteiger partial charge in [0.1, 0.15) is 0 Å². The van der Waals surface area contributed by atoms with Crippen LogP contribution in [0.15, 0.2) is 0 Å². The quantitative estimate of drug-likeness (QED) is 0.537. The molecule has 0 spiro atoms. The van der Waals surface area contributed by atoms with E-state index in [1.54, 1.807) is 0 Å². The van der Waals surface area contributed by atoms with Crippen molar-refractivity contribution in [3.05, 3.63) is 5.82 Å². The molecular formula is C9H15N5O2. The first-order chi connectivity index (χ1) is 7.66. The summed E-state index contributed by atoms with van der Waals surface area (Å²) in [6.07, 6.45) is 3.06. The normalized spacial score (nSPS) is 25.3. The highest BCUT2D eigenvalue weighted by Crippen LogP contribution is 2.18. The molecule has 2 rings (SSSR count). The third-order valence-corrected chi connectivity index (χ3v) is 2.76. The lowest BCUT2D eigenvalue weighted by Crippen LogP contribution is -2.45. The maximum Gasteiger partial charge on any atom is 0.288 e. The fraction of sp³-hybridized carbons (Fsp3) is 0.667. The molecule has 88 valence electrons. The number of nitrogens with two attached hydrogens (primary N) is 1. The molecule has 2 atom stereocenters. The number of aliphatic hydroxyl groups excluding tert-OH is 1. The molecule has 1 aliphatic carbocycles. The van der Waals surface area contributed by atoms with E-state index in [4.69, 9.17) is 5.73 Å². The smallest absolute Gasteiger partial charge is 0.288 e. The largest absolute Gasteiger partial charge is 0.391 e. The van der Waals surface area contributed by atoms with Crippen molar-refractivity contribution < 1.29 is 9.90 Å². The average molecular weight is 225 g/mol. The van der Waals surface area contributed by atoms with Gasteiger partial charge in [0.25, 0.3) is 5.91 Å². The number of rotatable bonds is 2. The Morgan fingerprint density at radius 2 is 2.25 bits per heavy atom. The van der Waals surface area contributed by atoms with Crippen molar-refractivity contribution in [1.29, 1.82) is 0 Å². The molecule has 0 unspecified atom stereocenters. The molecule has 16 heavy (non-hydrogen) atoms. The third kappa shape index (κ3) is 2.30. The van der Waals surface area contributed by atoms with Crippen LogP contribution in [0.3, 0.4) is 0 Å². The van der Waals surface area contributed by atoms with Crippen LogP contribution in [0, 0.1) is 0 Å². The molecule has 1 fully saturated rings. The van der Waals surface area contributed by atoms with Crippen LogP contribution in [0.4, 0.5) is 5.95 Å². The second kappa shape index (κ2) is 4.48. The monoisotopic (exact) mass is 225 g/mol. The van der Waals surface area contributed by atoms with Gasteiger partial charge in [0, 0.05) is 0 Å². The first-order valence-corrected chi connectivity index (χ1v) is 5.33. The number of aromatic nitrogens is 3. The minimum absolute atomic E-state index is 0.0364. The van der Waals surface area contributed by atoms with E-state index in [9.17, 15) is 9.90 Å². The number of nitrogens with zero attached hydrogens (tertiary/aromatic N) is 2. The molecule has 1 aromatic rings. The average Bonchev–Trinajstić information content (AvgIpc) is 2.68. The summed E-state index contributed by atoms with van der Waals surface area (Å²) in [5.41, 5.74) is 5.29. The first kappa shape index (κ1) is 10.9. The molecule has 0 saturated heterocycles. The number of H-pyrrole nitrogens is 1. The Morgan fingerprint density at radius 3 is 2.88 bits per heavy atom. The van der Waals surface area contributed by atoms with Crippen molar-refractivity contribution >= 4 is 11.9 Å². The fourth-order valence-electron chi connectivity index (χ4n) is 1.89. The Labute approximate surface area is 92.4 Å². The van der Waals surface area contributed by atoms with Gasteiger partial charge in [-0.05, 0) is 12.8 Å². The second-order valence-corrected chi connectivity index (χ2v) is 3.97. The SMILES string of the molecule is Nc1n[nH]c(C(=O)N[C@H]2CCCC[C@@H]2O)n1. The van der Waals surface area contributed by atoms with Crippen LogP contribution >= 0.6 is 0 Å². The molecule has 5 N–H and O–H groups in total. The Kier molecular flexibility index (Phi) is 3.04. The highest BCUT2D eigenvalue weighted by atomic mass is 16.3. The molecule has 1 heterocycles. The zero-order chi connectivity index (χ0) is 11.5. The van der Waals surface area contributed by atoms with Crippen LogP contribution in [0.5, 0.6) is 0 Å². The van der Waals surface area contributed by atoms with E-state index in [0.717, 1.165) is 25.7 Å². The molecule has 1 saturated carbocycles. The lowest BCUT2D eigenvalue weighted by molar-refractivity contribution is 0.0710. The van der Waals surface area contributed by atoms with Gasteiger partial charge in [-0.1, -0.05) is 12.8 Å². The van der Waals surface area contributed by atoms with Crippen molar-refractivity contribution in [2.45, 2.75) is 37.8 Å². The Hall–Kier alpha value is -1.63. The van der Waals surface area contributed by atoms with Gasteiger partial charge in [0.15, 0.2) is 0 Å². The van der Waals surface area contributed by atoms with Gasteiger partial charge in [-0.3, -0.25) is 9.89 Å². The van der Waals surface area contributed by atoms with Crippen LogP contribution in [0.2, 0.25) is 0 Å². The molecule has 1 aromatic heterocycles. The Bertz CT molecular complexity index is 378. The molecule has 0 aromatic carbocycles. The second-order valence-electron chi connectivity index (χ2n) is 3.97. The summed E-state index contributed by atoms with van der Waals surface area (Å²) in [4.78, 5) is 15.4. The lowest BCUT2D eigenvalue weighted by atomic mass is 9.92. The summed E-state index contributed by atoms with van der Waals surface area (Å²) in [6, 6.07) is -0.201. The molecule has 0 radical (unpaired) electrons. The van der Waals surface area contributed by atoms with Crippen LogP contribution in [-0.4, -0.2) is 38.3 Å². The van der Waals surface area contributed by atoms with Gasteiger partial charge in [-0.15, -0.1) is 5.10 Å². The predicted molar refractivity (Wildman–Crippen MR) is 56.5 cm³/mol. The summed E-state index contributed by atoms with van der Waals surface area (Å²) in [5, 5.41) is 18.4. The van der Waals surface area contributed by atoms with E-state index < -0.39 is 6.10 Å². The standard InChI is InChI=1S/C9H15N5O2/c10-9-12-7(13-14-9)8(16)11-5-3-1-2-4-6(5)15/h5-6,15H,1-4H2,(H,11,16)(H3,10,12,13,14)/t5-,6-/m0/s1. The molecular weight excluding hydrogens is 210 g/mol. The maximum absolute atomic E-state index is 11.7. The lowest BCUT2D eigenvalue weighted by Gasteiger charge is -2.27. The van der Waals surface area contributed by atoms with Crippen LogP contribution in [-0.2, 0) is 0 Å². The van der Waals surface area contributed by atoms with Gasteiger partial charge in [0.05, 0.1) is 12.1 Å². The Morgan fingerprint density at radius 1 is 1.50 bits per heavy atom. The van der Waals surface area contributed by atoms with Gasteiger partial charge >= 0.3 is 0 Å². The van der Waals surface area contributed by atoms with Gasteiger partial charge in [-0.2, -0.15) is 4.98 Å². The molecule has 1 amide bonds. The summed E-state index contributed by atoms with van der Waals surface area (Å²) < 4.78 is 0. The number of nitrogen functional groups attached to an aromatic ring is 1. The van der Waals surface area contributed by atoms with Crippen molar-refractivity contribution in [2.24, 2.45) is 0 Å². The number of carbonyl (C=O) groups excluding carboxylic acids is 1. The minimum Gasteiger partial charge on any atom is -0.391 e. The number of carbonyl (C=O) groups is 1. The van der Waals surface area contributed by atoms with E-state index in [-0.39, 0.29) is 23.7 Å². The van der Waals surface area contributed by atoms with Crippen LogP contribution < -0.4 is 11.1 Å². The van der Waals surface area contributed by atoms with Crippen LogP contribution in [0.25, 0.3) is 0 Å². The molecule has 0 aliphatic heterocycles. The molecule has 1 aliphatic rings. The number of anilines is 1. The summed E-state index contributed by atoms with van der Waals surface area (Å²) in [7, 11) is 0. The van der Waals surface area contributed by atoms with Gasteiger partial charge in [0.2, 0.25) is 11.8 Å². The number of hydrogen-bond acceptors (Lipinski definition) is 5. The van der Waals surface area contributed by atoms with E-state index >= 15 is 0 Å². The van der Waals surface area contributed by atoms with E-state index in [2.05, 4.69) is 20.5 Å². The number of aromatic amines is 1. The van der Waals surface area contributed by atoms with Crippen molar-refractivity contribution in [3.63, 3.8) is 0 Å². The third-order valence-electron chi connectivity index (χ3n) is 2.76. The number of aliphatic hydroxyl groups is 1. The predicted octanol–water partition coefficient (Wildman–Crippen LogP) is -0.580.